The average molecular weight is 146 g/mol. The Balaban J connectivity index is 2.23. The van der Waals surface area contributed by atoms with E-state index in [4.69, 9.17) is 14.6 Å². The lowest BCUT2D eigenvalue weighted by Crippen LogP contribution is -2.38. The van der Waals surface area contributed by atoms with E-state index in [1.54, 1.807) is 0 Å². The van der Waals surface area contributed by atoms with E-state index in [-0.39, 0.29) is 19.3 Å². The molecular formula is C6H10O4. The molecule has 1 saturated heterocycles. The molecular weight excluding hydrogens is 136 g/mol. The summed E-state index contributed by atoms with van der Waals surface area (Å²) in [6, 6.07) is 0. The highest BCUT2D eigenvalue weighted by atomic mass is 16.6. The van der Waals surface area contributed by atoms with Crippen molar-refractivity contribution >= 4 is 6.29 Å². The van der Waals surface area contributed by atoms with Crippen molar-refractivity contribution in [2.75, 3.05) is 19.8 Å². The SMILES string of the molecule is O=CC1COC(CO)CO1. The second-order valence-electron chi connectivity index (χ2n) is 2.15. The highest BCUT2D eigenvalue weighted by Gasteiger charge is 2.20. The van der Waals surface area contributed by atoms with Crippen LogP contribution in [-0.4, -0.2) is 43.4 Å². The van der Waals surface area contributed by atoms with Gasteiger partial charge in [-0.05, 0) is 0 Å². The van der Waals surface area contributed by atoms with Crippen molar-refractivity contribution in [3.8, 4) is 0 Å². The molecule has 4 heteroatoms. The molecule has 0 radical (unpaired) electrons. The minimum absolute atomic E-state index is 0.0500. The maximum atomic E-state index is 10.1. The minimum atomic E-state index is -0.442. The summed E-state index contributed by atoms with van der Waals surface area (Å²) in [6.45, 7) is 0.514. The molecule has 0 aliphatic carbocycles. The third kappa shape index (κ3) is 1.76. The van der Waals surface area contributed by atoms with Crippen molar-refractivity contribution in [1.29, 1.82) is 0 Å². The summed E-state index contributed by atoms with van der Waals surface area (Å²) in [5.41, 5.74) is 0. The highest BCUT2D eigenvalue weighted by molar-refractivity contribution is 5.56. The molecule has 0 bridgehead atoms. The third-order valence-electron chi connectivity index (χ3n) is 1.35. The molecule has 1 aliphatic heterocycles. The number of carbonyl (C=O) groups is 1. The monoisotopic (exact) mass is 146 g/mol. The van der Waals surface area contributed by atoms with Crippen molar-refractivity contribution in [3.05, 3.63) is 0 Å². The van der Waals surface area contributed by atoms with Gasteiger partial charge in [-0.2, -0.15) is 0 Å². The summed E-state index contributed by atoms with van der Waals surface area (Å²) in [7, 11) is 0. The van der Waals surface area contributed by atoms with Gasteiger partial charge in [-0.3, -0.25) is 0 Å². The first kappa shape index (κ1) is 7.65. The maximum Gasteiger partial charge on any atom is 0.151 e. The number of aldehydes is 1. The van der Waals surface area contributed by atoms with E-state index in [2.05, 4.69) is 0 Å². The molecule has 0 aromatic carbocycles. The number of ether oxygens (including phenoxy) is 2. The Kier molecular flexibility index (Phi) is 2.80. The van der Waals surface area contributed by atoms with E-state index in [0.29, 0.717) is 12.9 Å². The van der Waals surface area contributed by atoms with E-state index in [0.717, 1.165) is 0 Å². The van der Waals surface area contributed by atoms with E-state index in [1.807, 2.05) is 0 Å². The molecule has 1 rings (SSSR count). The molecule has 0 spiro atoms. The number of hydrogen-bond acceptors (Lipinski definition) is 4. The molecule has 1 N–H and O–H groups in total. The van der Waals surface area contributed by atoms with Gasteiger partial charge in [0.05, 0.1) is 19.8 Å². The second kappa shape index (κ2) is 3.65. The summed E-state index contributed by atoms with van der Waals surface area (Å²) in [4.78, 5) is 10.1. The third-order valence-corrected chi connectivity index (χ3v) is 1.35. The van der Waals surface area contributed by atoms with Gasteiger partial charge in [0.15, 0.2) is 6.29 Å². The van der Waals surface area contributed by atoms with Crippen LogP contribution < -0.4 is 0 Å². The minimum Gasteiger partial charge on any atom is -0.394 e. The standard InChI is InChI=1S/C6H10O4/c7-1-5-3-10-6(2-8)4-9-5/h1,5-6,8H,2-4H2. The van der Waals surface area contributed by atoms with Gasteiger partial charge in [-0.25, -0.2) is 0 Å². The Bertz CT molecular complexity index is 106. The van der Waals surface area contributed by atoms with Crippen molar-refractivity contribution in [2.24, 2.45) is 0 Å². The van der Waals surface area contributed by atoms with E-state index < -0.39 is 6.10 Å². The Morgan fingerprint density at radius 1 is 1.50 bits per heavy atom. The predicted molar refractivity (Wildman–Crippen MR) is 32.6 cm³/mol. The fraction of sp³-hybridized carbons (Fsp3) is 0.833. The Morgan fingerprint density at radius 2 is 2.30 bits per heavy atom. The number of hydrogen-bond donors (Lipinski definition) is 1. The lowest BCUT2D eigenvalue weighted by atomic mass is 10.3. The molecule has 1 heterocycles. The van der Waals surface area contributed by atoms with E-state index >= 15 is 0 Å². The molecule has 0 aromatic heterocycles. The van der Waals surface area contributed by atoms with E-state index in [1.165, 1.54) is 0 Å². The lowest BCUT2D eigenvalue weighted by molar-refractivity contribution is -0.154. The summed E-state index contributed by atoms with van der Waals surface area (Å²) in [5, 5.41) is 8.56. The van der Waals surface area contributed by atoms with Gasteiger partial charge in [0.25, 0.3) is 0 Å². The molecule has 2 unspecified atom stereocenters. The van der Waals surface area contributed by atoms with Gasteiger partial charge >= 0.3 is 0 Å². The molecule has 58 valence electrons. The van der Waals surface area contributed by atoms with Gasteiger partial charge in [-0.15, -0.1) is 0 Å². The summed E-state index contributed by atoms with van der Waals surface area (Å²) in [5.74, 6) is 0. The van der Waals surface area contributed by atoms with Crippen LogP contribution in [-0.2, 0) is 14.3 Å². The van der Waals surface area contributed by atoms with Crippen LogP contribution in [0, 0.1) is 0 Å². The summed E-state index contributed by atoms with van der Waals surface area (Å²) < 4.78 is 10.0. The normalized spacial score (nSPS) is 33.7. The number of carbonyl (C=O) groups excluding carboxylic acids is 1. The zero-order valence-corrected chi connectivity index (χ0v) is 5.53. The number of rotatable bonds is 2. The first-order valence-corrected chi connectivity index (χ1v) is 3.16. The van der Waals surface area contributed by atoms with Gasteiger partial charge in [0, 0.05) is 0 Å². The largest absolute Gasteiger partial charge is 0.394 e. The molecule has 4 nitrogen and oxygen atoms in total. The molecule has 2 atom stereocenters. The predicted octanol–water partition coefficient (Wildman–Crippen LogP) is -1.04. The number of aliphatic hydroxyl groups excluding tert-OH is 1. The number of aliphatic hydroxyl groups is 1. The zero-order valence-electron chi connectivity index (χ0n) is 5.53. The first-order valence-electron chi connectivity index (χ1n) is 3.16. The van der Waals surface area contributed by atoms with Gasteiger partial charge in [-0.1, -0.05) is 0 Å². The van der Waals surface area contributed by atoms with E-state index in [9.17, 15) is 4.79 Å². The Morgan fingerprint density at radius 3 is 2.70 bits per heavy atom. The maximum absolute atomic E-state index is 10.1. The quantitative estimate of drug-likeness (QED) is 0.506. The second-order valence-corrected chi connectivity index (χ2v) is 2.15. The van der Waals surface area contributed by atoms with Crippen molar-refractivity contribution in [2.45, 2.75) is 12.2 Å². The van der Waals surface area contributed by atoms with Crippen LogP contribution in [0.1, 0.15) is 0 Å². The van der Waals surface area contributed by atoms with Crippen molar-refractivity contribution < 1.29 is 19.4 Å². The van der Waals surface area contributed by atoms with Crippen LogP contribution in [0.15, 0.2) is 0 Å². The first-order chi connectivity index (χ1) is 4.86. The molecule has 10 heavy (non-hydrogen) atoms. The topological polar surface area (TPSA) is 55.8 Å². The Hall–Kier alpha value is -0.450. The summed E-state index contributed by atoms with van der Waals surface area (Å²) in [6.07, 6.45) is 0.00661. The molecule has 1 aliphatic rings. The molecule has 1 fully saturated rings. The Labute approximate surface area is 58.7 Å². The van der Waals surface area contributed by atoms with Gasteiger partial charge < -0.3 is 19.4 Å². The zero-order chi connectivity index (χ0) is 7.40. The summed E-state index contributed by atoms with van der Waals surface area (Å²) >= 11 is 0. The van der Waals surface area contributed by atoms with Crippen LogP contribution >= 0.6 is 0 Å². The fourth-order valence-electron chi connectivity index (χ4n) is 0.742. The van der Waals surface area contributed by atoms with Gasteiger partial charge in [0.2, 0.25) is 0 Å². The van der Waals surface area contributed by atoms with Crippen molar-refractivity contribution in [3.63, 3.8) is 0 Å². The van der Waals surface area contributed by atoms with Crippen LogP contribution in [0.25, 0.3) is 0 Å². The van der Waals surface area contributed by atoms with Crippen LogP contribution in [0.2, 0.25) is 0 Å². The van der Waals surface area contributed by atoms with Crippen LogP contribution in [0.5, 0.6) is 0 Å². The molecule has 0 saturated carbocycles. The lowest BCUT2D eigenvalue weighted by Gasteiger charge is -2.24. The smallest absolute Gasteiger partial charge is 0.151 e. The van der Waals surface area contributed by atoms with Crippen LogP contribution in [0.3, 0.4) is 0 Å². The fourth-order valence-corrected chi connectivity index (χ4v) is 0.742. The average Bonchev–Trinajstić information content (AvgIpc) is 2.05. The highest BCUT2D eigenvalue weighted by Crippen LogP contribution is 2.04. The molecule has 0 amide bonds. The van der Waals surface area contributed by atoms with Crippen molar-refractivity contribution in [1.82, 2.24) is 0 Å². The molecule has 0 aromatic rings. The van der Waals surface area contributed by atoms with Crippen LogP contribution in [0.4, 0.5) is 0 Å². The van der Waals surface area contributed by atoms with Gasteiger partial charge in [0.1, 0.15) is 12.2 Å².